The molecule has 0 spiro atoms. The Bertz CT molecular complexity index is 465. The Morgan fingerprint density at radius 2 is 1.46 bits per heavy atom. The summed E-state index contributed by atoms with van der Waals surface area (Å²) in [5.74, 6) is 0. The van der Waals surface area contributed by atoms with Gasteiger partial charge in [0, 0.05) is 0 Å². The zero-order valence-corrected chi connectivity index (χ0v) is 18.9. The van der Waals surface area contributed by atoms with Crippen LogP contribution in [-0.2, 0) is 16.5 Å². The Morgan fingerprint density at radius 1 is 0.958 bits per heavy atom. The summed E-state index contributed by atoms with van der Waals surface area (Å²) < 4.78 is 19.4. The molecule has 138 valence electrons. The average molecular weight is 444 g/mol. The van der Waals surface area contributed by atoms with E-state index in [1.54, 1.807) is 0 Å². The number of hydrogen-bond donors (Lipinski definition) is 0. The number of unbranched alkanes of at least 4 members (excludes halogenated alkanes) is 3. The zero-order chi connectivity index (χ0) is 17.4. The molecule has 1 saturated heterocycles. The van der Waals surface area contributed by atoms with Crippen LogP contribution in [-0.4, -0.2) is 46.6 Å². The number of rotatable bonds is 11. The summed E-state index contributed by atoms with van der Waals surface area (Å²) in [5, 5.41) is 8.91. The van der Waals surface area contributed by atoms with Crippen LogP contribution in [0.3, 0.4) is 0 Å². The number of aryl methyl sites for hydroxylation is 1. The van der Waals surface area contributed by atoms with E-state index in [0.29, 0.717) is 13.2 Å². The number of hydrogen-bond acceptors (Lipinski definition) is 4. The molecule has 5 nitrogen and oxygen atoms in total. The van der Waals surface area contributed by atoms with Crippen molar-refractivity contribution in [2.75, 3.05) is 13.2 Å². The van der Waals surface area contributed by atoms with Gasteiger partial charge in [0.05, 0.1) is 0 Å². The molecule has 0 unspecified atom stereocenters. The van der Waals surface area contributed by atoms with Gasteiger partial charge in [-0.05, 0) is 0 Å². The van der Waals surface area contributed by atoms with Crippen molar-refractivity contribution in [3.8, 4) is 0 Å². The summed E-state index contributed by atoms with van der Waals surface area (Å²) in [6.07, 6.45) is 7.53. The Morgan fingerprint density at radius 3 is 1.92 bits per heavy atom. The van der Waals surface area contributed by atoms with Crippen LogP contribution in [0.1, 0.15) is 71.3 Å². The third kappa shape index (κ3) is 4.73. The first-order valence-corrected chi connectivity index (χ1v) is 17.3. The van der Waals surface area contributed by atoms with E-state index in [-0.39, 0.29) is 6.29 Å². The van der Waals surface area contributed by atoms with Crippen molar-refractivity contribution in [1.29, 1.82) is 0 Å². The van der Waals surface area contributed by atoms with E-state index in [0.717, 1.165) is 5.69 Å². The fourth-order valence-corrected chi connectivity index (χ4v) is 21.0. The molecule has 0 aliphatic carbocycles. The van der Waals surface area contributed by atoms with Gasteiger partial charge in [0.25, 0.3) is 0 Å². The fourth-order valence-electron chi connectivity index (χ4n) is 3.94. The van der Waals surface area contributed by atoms with Crippen molar-refractivity contribution in [1.82, 2.24) is 15.0 Å². The summed E-state index contributed by atoms with van der Waals surface area (Å²) >= 11 is -2.59. The van der Waals surface area contributed by atoms with E-state index >= 15 is 0 Å². The molecular formula is C18H35N3O2Sn. The molecule has 0 radical (unpaired) electrons. The molecule has 0 atom stereocenters. The summed E-state index contributed by atoms with van der Waals surface area (Å²) in [6, 6.07) is 0. The molecule has 2 heterocycles. The van der Waals surface area contributed by atoms with Gasteiger partial charge in [-0.3, -0.25) is 0 Å². The average Bonchev–Trinajstić information content (AvgIpc) is 3.24. The van der Waals surface area contributed by atoms with Crippen molar-refractivity contribution in [2.45, 2.75) is 78.9 Å². The summed E-state index contributed by atoms with van der Waals surface area (Å²) in [7, 11) is 2.08. The van der Waals surface area contributed by atoms with Crippen molar-refractivity contribution < 1.29 is 9.47 Å². The molecule has 24 heavy (non-hydrogen) atoms. The molecule has 1 aromatic heterocycles. The second-order valence-corrected chi connectivity index (χ2v) is 20.1. The van der Waals surface area contributed by atoms with Gasteiger partial charge >= 0.3 is 151 Å². The maximum atomic E-state index is 5.80. The van der Waals surface area contributed by atoms with Crippen LogP contribution in [0.5, 0.6) is 0 Å². The summed E-state index contributed by atoms with van der Waals surface area (Å²) in [5.41, 5.74) is 1.01. The number of nitrogens with zero attached hydrogens (tertiary/aromatic N) is 3. The van der Waals surface area contributed by atoms with E-state index < -0.39 is 18.4 Å². The Balaban J connectivity index is 2.41. The topological polar surface area (TPSA) is 49.2 Å². The predicted octanol–water partition coefficient (Wildman–Crippen LogP) is 3.92. The van der Waals surface area contributed by atoms with Crippen molar-refractivity contribution in [3.05, 3.63) is 5.69 Å². The van der Waals surface area contributed by atoms with E-state index in [4.69, 9.17) is 9.47 Å². The zero-order valence-electron chi connectivity index (χ0n) is 16.0. The molecule has 0 aromatic carbocycles. The second kappa shape index (κ2) is 10.1. The number of ether oxygens (including phenoxy) is 2. The summed E-state index contributed by atoms with van der Waals surface area (Å²) in [4.78, 5) is 0. The summed E-state index contributed by atoms with van der Waals surface area (Å²) in [6.45, 7) is 8.26. The minimum absolute atomic E-state index is 0.283. The minimum atomic E-state index is -2.59. The predicted molar refractivity (Wildman–Crippen MR) is 100 cm³/mol. The third-order valence-corrected chi connectivity index (χ3v) is 21.0. The molecular weight excluding hydrogens is 409 g/mol. The van der Waals surface area contributed by atoms with Crippen molar-refractivity contribution in [2.24, 2.45) is 7.05 Å². The van der Waals surface area contributed by atoms with Crippen molar-refractivity contribution in [3.63, 3.8) is 0 Å². The van der Waals surface area contributed by atoms with Gasteiger partial charge in [-0.1, -0.05) is 0 Å². The van der Waals surface area contributed by atoms with Crippen LogP contribution in [0.4, 0.5) is 0 Å². The molecule has 0 saturated carbocycles. The van der Waals surface area contributed by atoms with Crippen LogP contribution in [0.15, 0.2) is 0 Å². The standard InChI is InChI=1S/C6H8N3O2.3C4H9.Sn/c1-9-4-5(7-8-9)6-10-2-3-11-6;3*1-3-4-2;/h6H,2-3H2,1H3;3*1,3-4H2,2H3;. The van der Waals surface area contributed by atoms with Gasteiger partial charge in [-0.15, -0.1) is 0 Å². The van der Waals surface area contributed by atoms with E-state index in [2.05, 4.69) is 42.8 Å². The monoisotopic (exact) mass is 445 g/mol. The Hall–Kier alpha value is -0.141. The quantitative estimate of drug-likeness (QED) is 0.486. The van der Waals surface area contributed by atoms with Gasteiger partial charge in [-0.25, -0.2) is 0 Å². The second-order valence-electron chi connectivity index (χ2n) is 7.11. The molecule has 0 amide bonds. The van der Waals surface area contributed by atoms with Crippen LogP contribution in [0, 0.1) is 0 Å². The first kappa shape index (κ1) is 20.2. The molecule has 1 aliphatic rings. The van der Waals surface area contributed by atoms with Gasteiger partial charge in [-0.2, -0.15) is 0 Å². The van der Waals surface area contributed by atoms with E-state index in [1.165, 1.54) is 55.5 Å². The molecule has 0 N–H and O–H groups in total. The molecule has 0 bridgehead atoms. The molecule has 1 aromatic rings. The van der Waals surface area contributed by atoms with Gasteiger partial charge in [0.15, 0.2) is 0 Å². The van der Waals surface area contributed by atoms with Crippen molar-refractivity contribution >= 4 is 22.1 Å². The van der Waals surface area contributed by atoms with Gasteiger partial charge in [0.1, 0.15) is 0 Å². The Labute approximate surface area is 151 Å². The van der Waals surface area contributed by atoms with E-state index in [9.17, 15) is 0 Å². The molecule has 2 rings (SSSR count). The van der Waals surface area contributed by atoms with Gasteiger partial charge in [0.2, 0.25) is 0 Å². The first-order valence-electron chi connectivity index (χ1n) is 9.81. The molecule has 6 heteroatoms. The third-order valence-electron chi connectivity index (χ3n) is 5.23. The maximum absolute atomic E-state index is 5.80. The molecule has 1 aliphatic heterocycles. The number of aromatic nitrogens is 3. The fraction of sp³-hybridized carbons (Fsp3) is 0.889. The normalized spacial score (nSPS) is 16.2. The van der Waals surface area contributed by atoms with Crippen LogP contribution < -0.4 is 3.71 Å². The van der Waals surface area contributed by atoms with E-state index in [1.807, 2.05) is 0 Å². The van der Waals surface area contributed by atoms with Gasteiger partial charge < -0.3 is 0 Å². The van der Waals surface area contributed by atoms with Crippen LogP contribution in [0.25, 0.3) is 0 Å². The first-order chi connectivity index (χ1) is 11.7. The van der Waals surface area contributed by atoms with Crippen LogP contribution in [0.2, 0.25) is 13.3 Å². The Kier molecular flexibility index (Phi) is 8.50. The molecule has 1 fully saturated rings. The SMILES string of the molecule is CCC[CH2][Sn]([CH2]CCC)([CH2]CCC)[c]1c(C2OCCO2)nnn1C. The van der Waals surface area contributed by atoms with Crippen LogP contribution >= 0.6 is 0 Å².